The fourth-order valence-electron chi connectivity index (χ4n) is 4.56. The van der Waals surface area contributed by atoms with Gasteiger partial charge >= 0.3 is 0 Å². The maximum Gasteiger partial charge on any atom is 0.250 e. The van der Waals surface area contributed by atoms with Gasteiger partial charge in [-0.1, -0.05) is 0 Å². The van der Waals surface area contributed by atoms with Gasteiger partial charge in [-0.2, -0.15) is 0 Å². The van der Waals surface area contributed by atoms with Crippen LogP contribution in [0.4, 0.5) is 0 Å². The zero-order valence-electron chi connectivity index (χ0n) is 18.0. The monoisotopic (exact) mass is 426 g/mol. The highest BCUT2D eigenvalue weighted by Crippen LogP contribution is 2.38. The molecule has 1 atom stereocenters. The van der Waals surface area contributed by atoms with Crippen molar-refractivity contribution in [2.45, 2.75) is 50.9 Å². The van der Waals surface area contributed by atoms with Gasteiger partial charge in [-0.3, -0.25) is 4.79 Å². The first-order chi connectivity index (χ1) is 15.0. The van der Waals surface area contributed by atoms with E-state index in [9.17, 15) is 9.90 Å². The lowest BCUT2D eigenvalue weighted by atomic mass is 9.92. The maximum absolute atomic E-state index is 12.4. The minimum Gasteiger partial charge on any atom is -0.389 e. The number of carbonyl (C=O) groups excluding carboxylic acids is 1. The number of aliphatic hydroxyl groups is 1. The fraction of sp³-hybridized carbons (Fsp3) is 0.478. The number of primary amides is 1. The van der Waals surface area contributed by atoms with Crippen LogP contribution < -0.4 is 5.73 Å². The predicted octanol–water partition coefficient (Wildman–Crippen LogP) is 3.13. The van der Waals surface area contributed by atoms with Gasteiger partial charge in [0.15, 0.2) is 0 Å². The van der Waals surface area contributed by atoms with E-state index in [4.69, 9.17) is 15.2 Å². The van der Waals surface area contributed by atoms with Crippen molar-refractivity contribution in [3.05, 3.63) is 48.2 Å². The SMILES string of the molecule is COCCOC1CCC(n2cc([C@H](C)O)c3cc(-n4ccnc4)cc(C(N)=O)c32)CC1. The summed E-state index contributed by atoms with van der Waals surface area (Å²) in [5, 5.41) is 11.3. The van der Waals surface area contributed by atoms with Gasteiger partial charge < -0.3 is 29.4 Å². The third-order valence-corrected chi connectivity index (χ3v) is 6.14. The number of methoxy groups -OCH3 is 1. The fourth-order valence-corrected chi connectivity index (χ4v) is 4.56. The second-order valence-electron chi connectivity index (χ2n) is 8.19. The summed E-state index contributed by atoms with van der Waals surface area (Å²) < 4.78 is 14.9. The normalized spacial score (nSPS) is 20.2. The number of rotatable bonds is 8. The highest BCUT2D eigenvalue weighted by atomic mass is 16.5. The van der Waals surface area contributed by atoms with Crippen molar-refractivity contribution in [1.29, 1.82) is 0 Å². The Kier molecular flexibility index (Phi) is 6.41. The third kappa shape index (κ3) is 4.37. The van der Waals surface area contributed by atoms with Crippen LogP contribution in [0.25, 0.3) is 16.6 Å². The summed E-state index contributed by atoms with van der Waals surface area (Å²) in [7, 11) is 1.67. The van der Waals surface area contributed by atoms with Gasteiger partial charge in [-0.05, 0) is 44.7 Å². The molecule has 3 aromatic rings. The molecule has 1 saturated carbocycles. The van der Waals surface area contributed by atoms with Crippen LogP contribution in [0.2, 0.25) is 0 Å². The van der Waals surface area contributed by atoms with Crippen LogP contribution in [-0.4, -0.2) is 51.6 Å². The smallest absolute Gasteiger partial charge is 0.250 e. The number of hydrogen-bond donors (Lipinski definition) is 2. The Balaban J connectivity index is 1.72. The second-order valence-corrected chi connectivity index (χ2v) is 8.19. The first-order valence-corrected chi connectivity index (χ1v) is 10.7. The zero-order valence-corrected chi connectivity index (χ0v) is 18.0. The van der Waals surface area contributed by atoms with Crippen molar-refractivity contribution in [3.63, 3.8) is 0 Å². The van der Waals surface area contributed by atoms with E-state index in [1.807, 2.05) is 23.0 Å². The topological polar surface area (TPSA) is 105 Å². The molecule has 2 aromatic heterocycles. The van der Waals surface area contributed by atoms with Crippen LogP contribution >= 0.6 is 0 Å². The summed E-state index contributed by atoms with van der Waals surface area (Å²) in [6, 6.07) is 4.00. The van der Waals surface area contributed by atoms with Gasteiger partial charge in [0, 0.05) is 48.4 Å². The number of hydrogen-bond acceptors (Lipinski definition) is 5. The number of nitrogens with two attached hydrogens (primary N) is 1. The number of aliphatic hydroxyl groups excluding tert-OH is 1. The number of ether oxygens (including phenoxy) is 2. The molecule has 4 rings (SSSR count). The summed E-state index contributed by atoms with van der Waals surface area (Å²) in [4.78, 5) is 16.5. The summed E-state index contributed by atoms with van der Waals surface area (Å²) in [6.45, 7) is 2.95. The Morgan fingerprint density at radius 3 is 2.68 bits per heavy atom. The van der Waals surface area contributed by atoms with Gasteiger partial charge in [-0.25, -0.2) is 4.98 Å². The minimum atomic E-state index is -0.670. The number of fused-ring (bicyclic) bond motifs is 1. The molecule has 1 aromatic carbocycles. The molecule has 1 aliphatic rings. The van der Waals surface area contributed by atoms with Crippen LogP contribution in [0.1, 0.15) is 60.7 Å². The van der Waals surface area contributed by atoms with Gasteiger partial charge in [0.1, 0.15) is 0 Å². The minimum absolute atomic E-state index is 0.217. The van der Waals surface area contributed by atoms with E-state index in [2.05, 4.69) is 9.55 Å². The average Bonchev–Trinajstić information content (AvgIpc) is 3.42. The second kappa shape index (κ2) is 9.21. The van der Waals surface area contributed by atoms with Crippen LogP contribution in [0.3, 0.4) is 0 Å². The summed E-state index contributed by atoms with van der Waals surface area (Å²) in [5.41, 5.74) is 8.62. The van der Waals surface area contributed by atoms with Crippen molar-refractivity contribution in [2.24, 2.45) is 5.73 Å². The molecule has 166 valence electrons. The zero-order chi connectivity index (χ0) is 22.0. The Bertz CT molecular complexity index is 1030. The Hall–Kier alpha value is -2.68. The molecule has 0 unspecified atom stereocenters. The maximum atomic E-state index is 12.4. The van der Waals surface area contributed by atoms with Crippen molar-refractivity contribution >= 4 is 16.8 Å². The van der Waals surface area contributed by atoms with Crippen LogP contribution in [0.5, 0.6) is 0 Å². The number of carbonyl (C=O) groups is 1. The van der Waals surface area contributed by atoms with E-state index < -0.39 is 12.0 Å². The molecule has 0 spiro atoms. The molecule has 3 N–H and O–H groups in total. The Morgan fingerprint density at radius 1 is 1.29 bits per heavy atom. The van der Waals surface area contributed by atoms with E-state index >= 15 is 0 Å². The van der Waals surface area contributed by atoms with E-state index in [1.165, 1.54) is 0 Å². The van der Waals surface area contributed by atoms with Gasteiger partial charge in [0.25, 0.3) is 5.91 Å². The number of nitrogens with zero attached hydrogens (tertiary/aromatic N) is 3. The van der Waals surface area contributed by atoms with E-state index in [1.54, 1.807) is 32.6 Å². The number of imidazole rings is 1. The number of amides is 1. The molecular weight excluding hydrogens is 396 g/mol. The molecule has 0 aliphatic heterocycles. The quantitative estimate of drug-likeness (QED) is 0.539. The summed E-state index contributed by atoms with van der Waals surface area (Å²) in [6.07, 6.45) is 10.5. The lowest BCUT2D eigenvalue weighted by Crippen LogP contribution is -2.25. The molecule has 2 heterocycles. The van der Waals surface area contributed by atoms with Gasteiger partial charge in [-0.15, -0.1) is 0 Å². The molecule has 8 nitrogen and oxygen atoms in total. The van der Waals surface area contributed by atoms with Crippen LogP contribution in [0.15, 0.2) is 37.1 Å². The van der Waals surface area contributed by atoms with Gasteiger partial charge in [0.2, 0.25) is 0 Å². The molecule has 1 amide bonds. The number of aromatic nitrogens is 3. The molecule has 31 heavy (non-hydrogen) atoms. The van der Waals surface area contributed by atoms with Crippen molar-refractivity contribution in [2.75, 3.05) is 20.3 Å². The summed E-state index contributed by atoms with van der Waals surface area (Å²) in [5.74, 6) is -0.486. The molecule has 8 heteroatoms. The standard InChI is InChI=1S/C23H30N4O4/c1-15(28)21-13-27(16-3-5-18(6-4-16)31-10-9-30-2)22-19(21)11-17(12-20(22)23(24)29)26-8-7-25-14-26/h7-8,11-16,18,28H,3-6,9-10H2,1-2H3,(H2,24,29)/t15-,16?,18?/m0/s1. The van der Waals surface area contributed by atoms with E-state index in [0.29, 0.717) is 18.8 Å². The average molecular weight is 427 g/mol. The third-order valence-electron chi connectivity index (χ3n) is 6.14. The van der Waals surface area contributed by atoms with Crippen LogP contribution in [0, 0.1) is 0 Å². The predicted molar refractivity (Wildman–Crippen MR) is 117 cm³/mol. The molecule has 1 fully saturated rings. The Labute approximate surface area is 181 Å². The van der Waals surface area contributed by atoms with Gasteiger partial charge in [0.05, 0.1) is 42.8 Å². The molecular formula is C23H30N4O4. The Morgan fingerprint density at radius 2 is 2.06 bits per heavy atom. The first-order valence-electron chi connectivity index (χ1n) is 10.7. The lowest BCUT2D eigenvalue weighted by Gasteiger charge is -2.30. The van der Waals surface area contributed by atoms with E-state index in [-0.39, 0.29) is 12.1 Å². The highest BCUT2D eigenvalue weighted by molar-refractivity contribution is 6.07. The van der Waals surface area contributed by atoms with Crippen molar-refractivity contribution < 1.29 is 19.4 Å². The van der Waals surface area contributed by atoms with Crippen molar-refractivity contribution in [3.8, 4) is 5.69 Å². The lowest BCUT2D eigenvalue weighted by molar-refractivity contribution is -0.00622. The number of benzene rings is 1. The van der Waals surface area contributed by atoms with Crippen molar-refractivity contribution in [1.82, 2.24) is 14.1 Å². The molecule has 0 saturated heterocycles. The molecule has 1 aliphatic carbocycles. The first kappa shape index (κ1) is 21.5. The van der Waals surface area contributed by atoms with E-state index in [0.717, 1.165) is 47.8 Å². The van der Waals surface area contributed by atoms with Crippen LogP contribution in [-0.2, 0) is 9.47 Å². The molecule has 0 bridgehead atoms. The summed E-state index contributed by atoms with van der Waals surface area (Å²) >= 11 is 0. The highest BCUT2D eigenvalue weighted by Gasteiger charge is 2.27. The molecule has 0 radical (unpaired) electrons. The largest absolute Gasteiger partial charge is 0.389 e.